The van der Waals surface area contributed by atoms with Gasteiger partial charge in [0.05, 0.1) is 13.7 Å². The summed E-state index contributed by atoms with van der Waals surface area (Å²) in [5.74, 6) is 4.10. The molecule has 2 N–H and O–H groups in total. The predicted octanol–water partition coefficient (Wildman–Crippen LogP) is 3.39. The van der Waals surface area contributed by atoms with Crippen molar-refractivity contribution in [1.29, 1.82) is 0 Å². The molecule has 162 valence electrons. The smallest absolute Gasteiger partial charge is 0.226 e. The van der Waals surface area contributed by atoms with Crippen molar-refractivity contribution >= 4 is 29.9 Å². The van der Waals surface area contributed by atoms with E-state index in [0.717, 1.165) is 42.7 Å². The topological polar surface area (TPSA) is 93.8 Å². The lowest BCUT2D eigenvalue weighted by molar-refractivity contribution is 0.321. The van der Waals surface area contributed by atoms with Gasteiger partial charge in [-0.1, -0.05) is 19.0 Å². The minimum Gasteiger partial charge on any atom is -0.497 e. The van der Waals surface area contributed by atoms with Crippen molar-refractivity contribution in [2.75, 3.05) is 33.4 Å². The molecule has 0 spiro atoms. The number of ether oxygens (including phenoxy) is 2. The first kappa shape index (κ1) is 25.0. The Kier molecular flexibility index (Phi) is 12.1. The Morgan fingerprint density at radius 2 is 1.90 bits per heavy atom. The molecule has 0 saturated heterocycles. The summed E-state index contributed by atoms with van der Waals surface area (Å²) < 4.78 is 16.1. The van der Waals surface area contributed by atoms with E-state index in [1.807, 2.05) is 45.0 Å². The zero-order valence-electron chi connectivity index (χ0n) is 17.6. The van der Waals surface area contributed by atoms with Crippen LogP contribution in [0.4, 0.5) is 0 Å². The third kappa shape index (κ3) is 9.33. The second-order valence-electron chi connectivity index (χ2n) is 6.52. The predicted molar refractivity (Wildman–Crippen MR) is 125 cm³/mol. The Morgan fingerprint density at radius 3 is 2.52 bits per heavy atom. The zero-order valence-corrected chi connectivity index (χ0v) is 19.9. The molecular formula is C20H32IN5O3. The van der Waals surface area contributed by atoms with Crippen LogP contribution in [0.5, 0.6) is 11.5 Å². The number of hydrogen-bond donors (Lipinski definition) is 2. The van der Waals surface area contributed by atoms with Crippen LogP contribution in [0.15, 0.2) is 33.8 Å². The molecule has 8 nitrogen and oxygen atoms in total. The molecule has 1 aromatic carbocycles. The lowest BCUT2D eigenvalue weighted by Crippen LogP contribution is -2.39. The summed E-state index contributed by atoms with van der Waals surface area (Å²) in [5.41, 5.74) is 0. The van der Waals surface area contributed by atoms with Gasteiger partial charge in [-0.2, -0.15) is 4.98 Å². The highest BCUT2D eigenvalue weighted by atomic mass is 127. The number of aryl methyl sites for hydroxylation is 1. The van der Waals surface area contributed by atoms with Crippen LogP contribution in [0.25, 0.3) is 0 Å². The number of methoxy groups -OCH3 is 1. The molecule has 1 aromatic heterocycles. The monoisotopic (exact) mass is 517 g/mol. The van der Waals surface area contributed by atoms with E-state index in [9.17, 15) is 0 Å². The van der Waals surface area contributed by atoms with Gasteiger partial charge in [-0.05, 0) is 37.6 Å². The number of aromatic nitrogens is 2. The highest BCUT2D eigenvalue weighted by Gasteiger charge is 2.09. The van der Waals surface area contributed by atoms with Gasteiger partial charge in [-0.15, -0.1) is 24.0 Å². The van der Waals surface area contributed by atoms with Gasteiger partial charge in [0.25, 0.3) is 0 Å². The van der Waals surface area contributed by atoms with E-state index in [1.54, 1.807) is 7.11 Å². The fourth-order valence-electron chi connectivity index (χ4n) is 2.38. The summed E-state index contributed by atoms with van der Waals surface area (Å²) in [6.07, 6.45) is 1.57. The van der Waals surface area contributed by atoms with Gasteiger partial charge in [0, 0.05) is 25.4 Å². The molecule has 0 amide bonds. The van der Waals surface area contributed by atoms with E-state index >= 15 is 0 Å². The van der Waals surface area contributed by atoms with Crippen molar-refractivity contribution in [2.24, 2.45) is 4.99 Å². The first-order valence-corrected chi connectivity index (χ1v) is 9.74. The molecule has 1 heterocycles. The van der Waals surface area contributed by atoms with Gasteiger partial charge < -0.3 is 24.6 Å². The quantitative estimate of drug-likeness (QED) is 0.204. The number of hydrogen-bond acceptors (Lipinski definition) is 6. The van der Waals surface area contributed by atoms with Crippen LogP contribution in [0.1, 0.15) is 44.8 Å². The summed E-state index contributed by atoms with van der Waals surface area (Å²) in [6.45, 7) is 8.80. The van der Waals surface area contributed by atoms with Gasteiger partial charge in [-0.3, -0.25) is 4.99 Å². The maximum Gasteiger partial charge on any atom is 0.226 e. The zero-order chi connectivity index (χ0) is 20.2. The molecule has 0 saturated carbocycles. The fraction of sp³-hybridized carbons (Fsp3) is 0.550. The number of guanidine groups is 1. The summed E-state index contributed by atoms with van der Waals surface area (Å²) >= 11 is 0. The van der Waals surface area contributed by atoms with Crippen LogP contribution in [0, 0.1) is 0 Å². The van der Waals surface area contributed by atoms with E-state index < -0.39 is 0 Å². The van der Waals surface area contributed by atoms with E-state index in [4.69, 9.17) is 14.0 Å². The molecule has 9 heteroatoms. The molecule has 0 unspecified atom stereocenters. The maximum atomic E-state index is 5.71. The van der Waals surface area contributed by atoms with Gasteiger partial charge in [0.15, 0.2) is 11.8 Å². The lowest BCUT2D eigenvalue weighted by Gasteiger charge is -2.12. The van der Waals surface area contributed by atoms with Gasteiger partial charge in [0.1, 0.15) is 18.1 Å². The highest BCUT2D eigenvalue weighted by Crippen LogP contribution is 2.16. The molecule has 0 aliphatic rings. The average Bonchev–Trinajstić information content (AvgIpc) is 3.18. The SMILES string of the molecule is CCNC(=NCCCc1nc(C(C)C)no1)NCCOc1ccc(OC)cc1.I. The van der Waals surface area contributed by atoms with Crippen LogP contribution in [-0.4, -0.2) is 49.5 Å². The molecule has 0 aliphatic carbocycles. The van der Waals surface area contributed by atoms with Crippen LogP contribution in [-0.2, 0) is 6.42 Å². The Balaban J connectivity index is 0.00000420. The number of halogens is 1. The Morgan fingerprint density at radius 1 is 1.17 bits per heavy atom. The second-order valence-corrected chi connectivity index (χ2v) is 6.52. The van der Waals surface area contributed by atoms with Crippen molar-refractivity contribution < 1.29 is 14.0 Å². The minimum absolute atomic E-state index is 0. The molecule has 0 radical (unpaired) electrons. The molecule has 0 fully saturated rings. The van der Waals surface area contributed by atoms with E-state index in [2.05, 4.69) is 25.8 Å². The van der Waals surface area contributed by atoms with Crippen LogP contribution < -0.4 is 20.1 Å². The van der Waals surface area contributed by atoms with Crippen LogP contribution in [0.3, 0.4) is 0 Å². The first-order valence-electron chi connectivity index (χ1n) is 9.74. The van der Waals surface area contributed by atoms with Crippen LogP contribution >= 0.6 is 24.0 Å². The van der Waals surface area contributed by atoms with Gasteiger partial charge in [-0.25, -0.2) is 0 Å². The lowest BCUT2D eigenvalue weighted by atomic mass is 10.2. The molecular weight excluding hydrogens is 485 g/mol. The summed E-state index contributed by atoms with van der Waals surface area (Å²) in [4.78, 5) is 8.95. The third-order valence-electron chi connectivity index (χ3n) is 3.89. The summed E-state index contributed by atoms with van der Waals surface area (Å²) in [6, 6.07) is 7.53. The summed E-state index contributed by atoms with van der Waals surface area (Å²) in [7, 11) is 1.65. The van der Waals surface area contributed by atoms with E-state index in [1.165, 1.54) is 0 Å². The molecule has 0 aliphatic heterocycles. The molecule has 2 rings (SSSR count). The Bertz CT molecular complexity index is 719. The fourth-order valence-corrected chi connectivity index (χ4v) is 2.38. The van der Waals surface area contributed by atoms with Crippen molar-refractivity contribution in [3.05, 3.63) is 36.0 Å². The number of benzene rings is 1. The van der Waals surface area contributed by atoms with Crippen molar-refractivity contribution in [3.63, 3.8) is 0 Å². The van der Waals surface area contributed by atoms with Crippen LogP contribution in [0.2, 0.25) is 0 Å². The number of rotatable bonds is 11. The van der Waals surface area contributed by atoms with Crippen molar-refractivity contribution in [1.82, 2.24) is 20.8 Å². The molecule has 0 bridgehead atoms. The van der Waals surface area contributed by atoms with Crippen molar-refractivity contribution in [2.45, 2.75) is 39.5 Å². The molecule has 2 aromatic rings. The van der Waals surface area contributed by atoms with E-state index in [-0.39, 0.29) is 29.9 Å². The standard InChI is InChI=1S/C20H31N5O3.HI/c1-5-21-20(22-12-6-7-18-24-19(15(2)3)25-28-18)23-13-14-27-17-10-8-16(26-4)9-11-17;/h8-11,15H,5-7,12-14H2,1-4H3,(H2,21,22,23);1H. The maximum absolute atomic E-state index is 5.71. The Labute approximate surface area is 189 Å². The van der Waals surface area contributed by atoms with Gasteiger partial charge >= 0.3 is 0 Å². The average molecular weight is 517 g/mol. The second kappa shape index (κ2) is 14.0. The molecule has 0 atom stereocenters. The Hall–Kier alpha value is -2.04. The van der Waals surface area contributed by atoms with Crippen molar-refractivity contribution in [3.8, 4) is 11.5 Å². The third-order valence-corrected chi connectivity index (χ3v) is 3.89. The highest BCUT2D eigenvalue weighted by molar-refractivity contribution is 14.0. The minimum atomic E-state index is 0. The van der Waals surface area contributed by atoms with E-state index in [0.29, 0.717) is 25.6 Å². The number of aliphatic imine (C=N–C) groups is 1. The number of nitrogens with one attached hydrogen (secondary N) is 2. The molecule has 29 heavy (non-hydrogen) atoms. The largest absolute Gasteiger partial charge is 0.497 e. The number of nitrogens with zero attached hydrogens (tertiary/aromatic N) is 3. The first-order chi connectivity index (χ1) is 13.6. The van der Waals surface area contributed by atoms with Gasteiger partial charge in [0.2, 0.25) is 5.89 Å². The summed E-state index contributed by atoms with van der Waals surface area (Å²) in [5, 5.41) is 10.5. The normalized spacial score (nSPS) is 11.1.